The van der Waals surface area contributed by atoms with Crippen molar-refractivity contribution in [1.29, 1.82) is 0 Å². The lowest BCUT2D eigenvalue weighted by Gasteiger charge is -2.19. The molecule has 0 saturated carbocycles. The normalized spacial score (nSPS) is 12.5. The summed E-state index contributed by atoms with van der Waals surface area (Å²) in [5.41, 5.74) is 0.566. The van der Waals surface area contributed by atoms with E-state index in [2.05, 4.69) is 10.6 Å². The molecule has 0 aliphatic carbocycles. The number of rotatable bonds is 7. The Morgan fingerprint density at radius 3 is 2.46 bits per heavy atom. The Bertz CT molecular complexity index is 748. The summed E-state index contributed by atoms with van der Waals surface area (Å²) < 4.78 is 44.4. The molecule has 0 aliphatic rings. The minimum atomic E-state index is -4.55. The van der Waals surface area contributed by atoms with E-state index in [0.29, 0.717) is 12.2 Å². The second-order valence-electron chi connectivity index (χ2n) is 5.68. The first-order chi connectivity index (χ1) is 12.3. The van der Waals surface area contributed by atoms with Gasteiger partial charge in [-0.3, -0.25) is 4.79 Å². The van der Waals surface area contributed by atoms with Crippen molar-refractivity contribution >= 4 is 11.6 Å². The van der Waals surface area contributed by atoms with Gasteiger partial charge in [0.15, 0.2) is 6.10 Å². The SMILES string of the molecule is CCNCc1ccccc1NC(=O)C(C)Oc1ccccc1C(F)(F)F. The van der Waals surface area contributed by atoms with Gasteiger partial charge in [-0.2, -0.15) is 13.2 Å². The van der Waals surface area contributed by atoms with Crippen LogP contribution in [0, 0.1) is 0 Å². The van der Waals surface area contributed by atoms with Crippen LogP contribution in [0.5, 0.6) is 5.75 Å². The van der Waals surface area contributed by atoms with Gasteiger partial charge in [0.1, 0.15) is 5.75 Å². The Hall–Kier alpha value is -2.54. The van der Waals surface area contributed by atoms with Crippen LogP contribution >= 0.6 is 0 Å². The van der Waals surface area contributed by atoms with E-state index < -0.39 is 23.8 Å². The average molecular weight is 366 g/mol. The summed E-state index contributed by atoms with van der Waals surface area (Å²) in [4.78, 5) is 12.4. The summed E-state index contributed by atoms with van der Waals surface area (Å²) in [6, 6.07) is 12.1. The van der Waals surface area contributed by atoms with Gasteiger partial charge >= 0.3 is 6.18 Å². The van der Waals surface area contributed by atoms with Crippen molar-refractivity contribution in [3.63, 3.8) is 0 Å². The molecule has 0 radical (unpaired) electrons. The molecule has 1 atom stereocenters. The molecule has 0 aliphatic heterocycles. The van der Waals surface area contributed by atoms with Crippen LogP contribution in [0.15, 0.2) is 48.5 Å². The Kier molecular flexibility index (Phi) is 6.63. The summed E-state index contributed by atoms with van der Waals surface area (Å²) in [6.45, 7) is 4.72. The highest BCUT2D eigenvalue weighted by Crippen LogP contribution is 2.36. The van der Waals surface area contributed by atoms with E-state index in [4.69, 9.17) is 4.74 Å². The van der Waals surface area contributed by atoms with Gasteiger partial charge in [0, 0.05) is 12.2 Å². The Morgan fingerprint density at radius 1 is 1.12 bits per heavy atom. The van der Waals surface area contributed by atoms with Crippen LogP contribution in [0.3, 0.4) is 0 Å². The number of carbonyl (C=O) groups is 1. The van der Waals surface area contributed by atoms with Crippen molar-refractivity contribution in [2.45, 2.75) is 32.7 Å². The van der Waals surface area contributed by atoms with Crippen LogP contribution < -0.4 is 15.4 Å². The highest BCUT2D eigenvalue weighted by Gasteiger charge is 2.34. The predicted molar refractivity (Wildman–Crippen MR) is 94.0 cm³/mol. The molecule has 4 nitrogen and oxygen atoms in total. The lowest BCUT2D eigenvalue weighted by Crippen LogP contribution is -2.31. The molecule has 2 rings (SSSR count). The van der Waals surface area contributed by atoms with Gasteiger partial charge in [-0.05, 0) is 37.2 Å². The van der Waals surface area contributed by atoms with Crippen LogP contribution in [0.25, 0.3) is 0 Å². The number of benzene rings is 2. The number of hydrogen-bond acceptors (Lipinski definition) is 3. The number of ether oxygens (including phenoxy) is 1. The molecule has 2 aromatic carbocycles. The molecule has 2 aromatic rings. The predicted octanol–water partition coefficient (Wildman–Crippen LogP) is 4.22. The zero-order chi connectivity index (χ0) is 19.2. The van der Waals surface area contributed by atoms with E-state index in [1.165, 1.54) is 25.1 Å². The second-order valence-corrected chi connectivity index (χ2v) is 5.68. The summed E-state index contributed by atoms with van der Waals surface area (Å²) in [5, 5.41) is 5.88. The quantitative estimate of drug-likeness (QED) is 0.771. The molecule has 7 heteroatoms. The van der Waals surface area contributed by atoms with Crippen molar-refractivity contribution < 1.29 is 22.7 Å². The van der Waals surface area contributed by atoms with Crippen molar-refractivity contribution in [3.8, 4) is 5.75 Å². The second kappa shape index (κ2) is 8.71. The number of anilines is 1. The molecule has 0 heterocycles. The summed E-state index contributed by atoms with van der Waals surface area (Å²) in [5.74, 6) is -0.894. The van der Waals surface area contributed by atoms with Crippen LogP contribution in [0.4, 0.5) is 18.9 Å². The van der Waals surface area contributed by atoms with E-state index in [0.717, 1.165) is 18.2 Å². The average Bonchev–Trinajstić information content (AvgIpc) is 2.60. The number of alkyl halides is 3. The smallest absolute Gasteiger partial charge is 0.419 e. The lowest BCUT2D eigenvalue weighted by atomic mass is 10.1. The third-order valence-electron chi connectivity index (χ3n) is 3.71. The van der Waals surface area contributed by atoms with Crippen LogP contribution in [0.2, 0.25) is 0 Å². The Labute approximate surface area is 150 Å². The van der Waals surface area contributed by atoms with Gasteiger partial charge in [0.2, 0.25) is 0 Å². The van der Waals surface area contributed by atoms with Crippen LogP contribution in [0.1, 0.15) is 25.0 Å². The number of amides is 1. The van der Waals surface area contributed by atoms with Crippen molar-refractivity contribution in [3.05, 3.63) is 59.7 Å². The van der Waals surface area contributed by atoms with E-state index in [1.807, 2.05) is 19.1 Å². The fraction of sp³-hybridized carbons (Fsp3) is 0.316. The lowest BCUT2D eigenvalue weighted by molar-refractivity contribution is -0.140. The van der Waals surface area contributed by atoms with Crippen LogP contribution in [-0.2, 0) is 17.5 Å². The van der Waals surface area contributed by atoms with Gasteiger partial charge in [0.25, 0.3) is 5.91 Å². The molecule has 0 bridgehead atoms. The first kappa shape index (κ1) is 19.8. The van der Waals surface area contributed by atoms with Crippen molar-refractivity contribution in [2.24, 2.45) is 0 Å². The fourth-order valence-electron chi connectivity index (χ4n) is 2.34. The van der Waals surface area contributed by atoms with Gasteiger partial charge in [0.05, 0.1) is 5.56 Å². The monoisotopic (exact) mass is 366 g/mol. The van der Waals surface area contributed by atoms with Gasteiger partial charge in [-0.1, -0.05) is 37.3 Å². The van der Waals surface area contributed by atoms with Crippen molar-refractivity contribution in [2.75, 3.05) is 11.9 Å². The maximum absolute atomic E-state index is 13.0. The van der Waals surface area contributed by atoms with E-state index in [-0.39, 0.29) is 5.75 Å². The van der Waals surface area contributed by atoms with Crippen LogP contribution in [-0.4, -0.2) is 18.6 Å². The molecule has 0 fully saturated rings. The zero-order valence-electron chi connectivity index (χ0n) is 14.6. The molecule has 0 aromatic heterocycles. The highest BCUT2D eigenvalue weighted by molar-refractivity contribution is 5.94. The first-order valence-corrected chi connectivity index (χ1v) is 8.25. The number of carbonyl (C=O) groups excluding carboxylic acids is 1. The van der Waals surface area contributed by atoms with Gasteiger partial charge < -0.3 is 15.4 Å². The van der Waals surface area contributed by atoms with Gasteiger partial charge in [-0.25, -0.2) is 0 Å². The maximum atomic E-state index is 13.0. The summed E-state index contributed by atoms with van der Waals surface area (Å²) in [6.07, 6.45) is -5.64. The molecule has 26 heavy (non-hydrogen) atoms. The molecule has 0 saturated heterocycles. The zero-order valence-corrected chi connectivity index (χ0v) is 14.6. The molecular formula is C19H21F3N2O2. The van der Waals surface area contributed by atoms with E-state index in [9.17, 15) is 18.0 Å². The number of para-hydroxylation sites is 2. The Morgan fingerprint density at radius 2 is 1.77 bits per heavy atom. The third-order valence-corrected chi connectivity index (χ3v) is 3.71. The number of hydrogen-bond donors (Lipinski definition) is 2. The molecule has 2 N–H and O–H groups in total. The number of nitrogens with one attached hydrogen (secondary N) is 2. The van der Waals surface area contributed by atoms with Crippen molar-refractivity contribution in [1.82, 2.24) is 5.32 Å². The number of halogens is 3. The van der Waals surface area contributed by atoms with E-state index in [1.54, 1.807) is 12.1 Å². The molecule has 0 spiro atoms. The molecule has 1 amide bonds. The van der Waals surface area contributed by atoms with Gasteiger partial charge in [-0.15, -0.1) is 0 Å². The Balaban J connectivity index is 2.10. The topological polar surface area (TPSA) is 50.4 Å². The molecule has 1 unspecified atom stereocenters. The highest BCUT2D eigenvalue weighted by atomic mass is 19.4. The first-order valence-electron chi connectivity index (χ1n) is 8.25. The largest absolute Gasteiger partial charge is 0.480 e. The maximum Gasteiger partial charge on any atom is 0.419 e. The third kappa shape index (κ3) is 5.23. The summed E-state index contributed by atoms with van der Waals surface area (Å²) >= 11 is 0. The standard InChI is InChI=1S/C19H21F3N2O2/c1-3-23-12-14-8-4-6-10-16(14)24-18(25)13(2)26-17-11-7-5-9-15(17)19(20,21)22/h4-11,13,23H,3,12H2,1-2H3,(H,24,25). The minimum Gasteiger partial charge on any atom is -0.480 e. The molecular weight excluding hydrogens is 345 g/mol. The summed E-state index contributed by atoms with van der Waals surface area (Å²) in [7, 11) is 0. The fourth-order valence-corrected chi connectivity index (χ4v) is 2.34. The minimum absolute atomic E-state index is 0.372. The molecule has 140 valence electrons. The van der Waals surface area contributed by atoms with E-state index >= 15 is 0 Å².